The number of rotatable bonds is 7. The van der Waals surface area contributed by atoms with Gasteiger partial charge in [0.25, 0.3) is 0 Å². The van der Waals surface area contributed by atoms with Gasteiger partial charge in [0.1, 0.15) is 6.29 Å². The molecule has 0 saturated heterocycles. The van der Waals surface area contributed by atoms with Crippen LogP contribution in [-0.4, -0.2) is 24.8 Å². The van der Waals surface area contributed by atoms with Crippen molar-refractivity contribution in [1.29, 1.82) is 0 Å². The summed E-state index contributed by atoms with van der Waals surface area (Å²) in [6, 6.07) is 0. The van der Waals surface area contributed by atoms with Crippen LogP contribution in [0.2, 0.25) is 0 Å². The maximum atomic E-state index is 10.5. The fraction of sp³-hybridized carbons (Fsp3) is 0.909. The van der Waals surface area contributed by atoms with E-state index in [9.17, 15) is 4.79 Å². The molecule has 0 bridgehead atoms. The van der Waals surface area contributed by atoms with Crippen molar-refractivity contribution in [2.45, 2.75) is 59.5 Å². The van der Waals surface area contributed by atoms with Crippen molar-refractivity contribution < 1.29 is 14.3 Å². The lowest BCUT2D eigenvalue weighted by Crippen LogP contribution is -2.26. The first-order valence-electron chi connectivity index (χ1n) is 5.22. The molecule has 0 aliphatic heterocycles. The molecule has 0 rings (SSSR count). The summed E-state index contributed by atoms with van der Waals surface area (Å²) in [4.78, 5) is 10.5. The van der Waals surface area contributed by atoms with Crippen LogP contribution in [0, 0.1) is 5.92 Å². The van der Waals surface area contributed by atoms with Gasteiger partial charge in [0.15, 0.2) is 6.29 Å². The molecule has 0 radical (unpaired) electrons. The smallest absolute Gasteiger partial charge is 0.158 e. The maximum Gasteiger partial charge on any atom is 0.158 e. The third-order valence-electron chi connectivity index (χ3n) is 1.64. The van der Waals surface area contributed by atoms with Crippen molar-refractivity contribution in [3.05, 3.63) is 0 Å². The van der Waals surface area contributed by atoms with Gasteiger partial charge in [-0.1, -0.05) is 6.92 Å². The Morgan fingerprint density at radius 1 is 1.00 bits per heavy atom. The lowest BCUT2D eigenvalue weighted by Gasteiger charge is -2.23. The first kappa shape index (κ1) is 13.6. The second kappa shape index (κ2) is 6.96. The van der Waals surface area contributed by atoms with E-state index in [0.29, 0.717) is 6.42 Å². The minimum Gasteiger partial charge on any atom is -0.350 e. The van der Waals surface area contributed by atoms with E-state index in [2.05, 4.69) is 0 Å². The summed E-state index contributed by atoms with van der Waals surface area (Å²) >= 11 is 0. The molecule has 0 saturated carbocycles. The second-order valence-electron chi connectivity index (χ2n) is 4.15. The van der Waals surface area contributed by atoms with E-state index in [1.54, 1.807) is 0 Å². The van der Waals surface area contributed by atoms with Crippen molar-refractivity contribution in [3.63, 3.8) is 0 Å². The van der Waals surface area contributed by atoms with Gasteiger partial charge < -0.3 is 14.3 Å². The summed E-state index contributed by atoms with van der Waals surface area (Å²) in [5.41, 5.74) is 0. The number of aldehydes is 1. The fourth-order valence-corrected chi connectivity index (χ4v) is 1.11. The van der Waals surface area contributed by atoms with Crippen LogP contribution < -0.4 is 0 Å². The molecule has 0 heterocycles. The summed E-state index contributed by atoms with van der Waals surface area (Å²) < 4.78 is 11.1. The zero-order valence-electron chi connectivity index (χ0n) is 9.82. The van der Waals surface area contributed by atoms with E-state index in [1.165, 1.54) is 0 Å². The third kappa shape index (κ3) is 7.04. The van der Waals surface area contributed by atoms with Crippen molar-refractivity contribution >= 4 is 6.29 Å². The zero-order valence-corrected chi connectivity index (χ0v) is 9.82. The van der Waals surface area contributed by atoms with Crippen molar-refractivity contribution in [2.24, 2.45) is 5.92 Å². The molecule has 0 amide bonds. The predicted octanol–water partition coefficient (Wildman–Crippen LogP) is 2.39. The van der Waals surface area contributed by atoms with E-state index in [0.717, 1.165) is 6.29 Å². The molecule has 0 fully saturated rings. The van der Waals surface area contributed by atoms with Gasteiger partial charge in [-0.3, -0.25) is 0 Å². The van der Waals surface area contributed by atoms with Crippen LogP contribution in [-0.2, 0) is 14.3 Å². The van der Waals surface area contributed by atoms with E-state index in [1.807, 2.05) is 34.6 Å². The molecular weight excluding hydrogens is 180 g/mol. The molecule has 0 aromatic heterocycles. The van der Waals surface area contributed by atoms with Gasteiger partial charge >= 0.3 is 0 Å². The third-order valence-corrected chi connectivity index (χ3v) is 1.64. The molecule has 0 aromatic carbocycles. The van der Waals surface area contributed by atoms with Crippen LogP contribution >= 0.6 is 0 Å². The predicted molar refractivity (Wildman–Crippen MR) is 56.1 cm³/mol. The standard InChI is InChI=1S/C11H22O3/c1-8(2)13-11(14-9(3)4)6-10(5)7-12/h7-11H,6H2,1-5H3. The lowest BCUT2D eigenvalue weighted by atomic mass is 10.1. The summed E-state index contributed by atoms with van der Waals surface area (Å²) in [6.45, 7) is 9.71. The molecule has 84 valence electrons. The molecule has 1 atom stereocenters. The van der Waals surface area contributed by atoms with Gasteiger partial charge in [-0.25, -0.2) is 0 Å². The van der Waals surface area contributed by atoms with Crippen LogP contribution in [0.25, 0.3) is 0 Å². The van der Waals surface area contributed by atoms with Crippen molar-refractivity contribution in [3.8, 4) is 0 Å². The van der Waals surface area contributed by atoms with Gasteiger partial charge in [-0.15, -0.1) is 0 Å². The maximum absolute atomic E-state index is 10.5. The Morgan fingerprint density at radius 2 is 1.43 bits per heavy atom. The average Bonchev–Trinajstić information content (AvgIpc) is 2.01. The first-order chi connectivity index (χ1) is 6.45. The number of carbonyl (C=O) groups is 1. The molecule has 3 nitrogen and oxygen atoms in total. The van der Waals surface area contributed by atoms with Gasteiger partial charge in [-0.05, 0) is 27.7 Å². The Kier molecular flexibility index (Phi) is 6.75. The molecule has 0 aliphatic rings. The molecule has 14 heavy (non-hydrogen) atoms. The van der Waals surface area contributed by atoms with Gasteiger partial charge in [0, 0.05) is 12.3 Å². The topological polar surface area (TPSA) is 35.5 Å². The van der Waals surface area contributed by atoms with E-state index < -0.39 is 0 Å². The monoisotopic (exact) mass is 202 g/mol. The van der Waals surface area contributed by atoms with Crippen LogP contribution in [0.4, 0.5) is 0 Å². The van der Waals surface area contributed by atoms with Crippen LogP contribution in [0.1, 0.15) is 41.0 Å². The van der Waals surface area contributed by atoms with E-state index >= 15 is 0 Å². The molecule has 0 spiro atoms. The summed E-state index contributed by atoms with van der Waals surface area (Å²) in [5, 5.41) is 0. The minimum atomic E-state index is -0.268. The molecule has 3 heteroatoms. The molecule has 0 N–H and O–H groups in total. The highest BCUT2D eigenvalue weighted by atomic mass is 16.7. The van der Waals surface area contributed by atoms with E-state index in [4.69, 9.17) is 9.47 Å². The number of hydrogen-bond donors (Lipinski definition) is 0. The van der Waals surface area contributed by atoms with Gasteiger partial charge in [0.2, 0.25) is 0 Å². The van der Waals surface area contributed by atoms with Crippen molar-refractivity contribution in [1.82, 2.24) is 0 Å². The SMILES string of the molecule is CC(C=O)CC(OC(C)C)OC(C)C. The summed E-state index contributed by atoms with van der Waals surface area (Å²) in [6.07, 6.45) is 1.53. The zero-order chi connectivity index (χ0) is 11.1. The lowest BCUT2D eigenvalue weighted by molar-refractivity contribution is -0.188. The molecule has 0 aromatic rings. The highest BCUT2D eigenvalue weighted by Crippen LogP contribution is 2.12. The second-order valence-corrected chi connectivity index (χ2v) is 4.15. The van der Waals surface area contributed by atoms with Gasteiger partial charge in [0.05, 0.1) is 12.2 Å². The average molecular weight is 202 g/mol. The quantitative estimate of drug-likeness (QED) is 0.469. The Bertz CT molecular complexity index is 145. The number of ether oxygens (including phenoxy) is 2. The van der Waals surface area contributed by atoms with Crippen LogP contribution in [0.15, 0.2) is 0 Å². The van der Waals surface area contributed by atoms with Crippen molar-refractivity contribution in [2.75, 3.05) is 0 Å². The molecule has 1 unspecified atom stereocenters. The summed E-state index contributed by atoms with van der Waals surface area (Å²) in [5.74, 6) is -0.0162. The highest BCUT2D eigenvalue weighted by molar-refractivity contribution is 5.52. The van der Waals surface area contributed by atoms with Crippen LogP contribution in [0.5, 0.6) is 0 Å². The number of carbonyl (C=O) groups excluding carboxylic acids is 1. The van der Waals surface area contributed by atoms with Crippen LogP contribution in [0.3, 0.4) is 0 Å². The summed E-state index contributed by atoms with van der Waals surface area (Å²) in [7, 11) is 0. The first-order valence-corrected chi connectivity index (χ1v) is 5.22. The normalized spacial score (nSPS) is 14.0. The molecular formula is C11H22O3. The number of hydrogen-bond acceptors (Lipinski definition) is 3. The highest BCUT2D eigenvalue weighted by Gasteiger charge is 2.16. The molecule has 0 aliphatic carbocycles. The largest absolute Gasteiger partial charge is 0.350 e. The minimum absolute atomic E-state index is 0.0162. The fourth-order valence-electron chi connectivity index (χ4n) is 1.11. The Hall–Kier alpha value is -0.410. The Morgan fingerprint density at radius 3 is 1.71 bits per heavy atom. The Balaban J connectivity index is 4.02. The Labute approximate surface area is 86.8 Å². The van der Waals surface area contributed by atoms with Gasteiger partial charge in [-0.2, -0.15) is 0 Å². The van der Waals surface area contributed by atoms with E-state index in [-0.39, 0.29) is 24.4 Å².